The molecular weight excluding hydrogens is 362 g/mol. The van der Waals surface area contributed by atoms with Gasteiger partial charge in [-0.3, -0.25) is 14.6 Å². The van der Waals surface area contributed by atoms with E-state index in [-0.39, 0.29) is 11.8 Å². The Kier molecular flexibility index (Phi) is 5.84. The van der Waals surface area contributed by atoms with E-state index < -0.39 is 0 Å². The van der Waals surface area contributed by atoms with Crippen LogP contribution >= 0.6 is 11.6 Å². The van der Waals surface area contributed by atoms with Crippen LogP contribution in [0.3, 0.4) is 0 Å². The van der Waals surface area contributed by atoms with Crippen molar-refractivity contribution in [2.24, 2.45) is 0 Å². The van der Waals surface area contributed by atoms with Crippen molar-refractivity contribution in [1.29, 1.82) is 0 Å². The number of fused-ring (bicyclic) bond motifs is 1. The highest BCUT2D eigenvalue weighted by Crippen LogP contribution is 2.26. The predicted octanol–water partition coefficient (Wildman–Crippen LogP) is 4.89. The minimum atomic E-state index is -0.330. The predicted molar refractivity (Wildman–Crippen MR) is 110 cm³/mol. The molecule has 2 N–H and O–H groups in total. The quantitative estimate of drug-likeness (QED) is 0.620. The molecule has 0 aliphatic carbocycles. The number of hydrogen-bond donors (Lipinski definition) is 2. The highest BCUT2D eigenvalue weighted by atomic mass is 35.5. The molecule has 0 spiro atoms. The molecule has 6 heteroatoms. The molecule has 1 aromatic heterocycles. The number of halogens is 1. The smallest absolute Gasteiger partial charge is 0.248 e. The first-order valence-corrected chi connectivity index (χ1v) is 8.87. The van der Waals surface area contributed by atoms with Crippen LogP contribution in [0.15, 0.2) is 60.8 Å². The Hall–Kier alpha value is -3.18. The number of aromatic nitrogens is 1. The summed E-state index contributed by atoms with van der Waals surface area (Å²) in [6.45, 7) is 1.76. The molecule has 0 atom stereocenters. The van der Waals surface area contributed by atoms with Crippen LogP contribution in [0, 0.1) is 0 Å². The molecular formula is C21H18ClN3O2. The fourth-order valence-electron chi connectivity index (χ4n) is 2.55. The summed E-state index contributed by atoms with van der Waals surface area (Å²) in [7, 11) is 0. The van der Waals surface area contributed by atoms with Gasteiger partial charge < -0.3 is 10.6 Å². The topological polar surface area (TPSA) is 71.1 Å². The number of rotatable bonds is 5. The molecule has 27 heavy (non-hydrogen) atoms. The zero-order valence-electron chi connectivity index (χ0n) is 14.7. The lowest BCUT2D eigenvalue weighted by molar-refractivity contribution is -0.116. The van der Waals surface area contributed by atoms with Crippen LogP contribution in [-0.4, -0.2) is 16.8 Å². The molecule has 0 aliphatic heterocycles. The average molecular weight is 380 g/mol. The molecule has 0 fully saturated rings. The van der Waals surface area contributed by atoms with Crippen molar-refractivity contribution in [3.63, 3.8) is 0 Å². The van der Waals surface area contributed by atoms with Gasteiger partial charge in [-0.1, -0.05) is 42.8 Å². The lowest BCUT2D eigenvalue weighted by Crippen LogP contribution is -2.11. The van der Waals surface area contributed by atoms with Gasteiger partial charge in [0.25, 0.3) is 0 Å². The number of anilines is 2. The Morgan fingerprint density at radius 1 is 1.11 bits per heavy atom. The van der Waals surface area contributed by atoms with Gasteiger partial charge in [-0.2, -0.15) is 0 Å². The van der Waals surface area contributed by atoms with Crippen LogP contribution in [-0.2, 0) is 9.59 Å². The van der Waals surface area contributed by atoms with E-state index in [9.17, 15) is 9.59 Å². The molecule has 136 valence electrons. The third-order valence-corrected chi connectivity index (χ3v) is 4.24. The Bertz CT molecular complexity index is 1030. The van der Waals surface area contributed by atoms with E-state index in [0.29, 0.717) is 22.8 Å². The molecule has 0 unspecified atom stereocenters. The van der Waals surface area contributed by atoms with E-state index in [2.05, 4.69) is 15.6 Å². The first kappa shape index (κ1) is 18.6. The second-order valence-corrected chi connectivity index (χ2v) is 6.25. The van der Waals surface area contributed by atoms with Crippen LogP contribution in [0.4, 0.5) is 11.4 Å². The number of nitrogens with one attached hydrogen (secondary N) is 2. The van der Waals surface area contributed by atoms with Crippen molar-refractivity contribution in [1.82, 2.24) is 4.98 Å². The van der Waals surface area contributed by atoms with Crippen molar-refractivity contribution in [3.05, 3.63) is 71.4 Å². The fraction of sp³-hybridized carbons (Fsp3) is 0.0952. The standard InChI is InChI=1S/C21H18ClN3O2/c1-2-19(26)24-16-9-10-17(22)18(13-16)25-20(27)11-8-15-6-3-5-14-7-4-12-23-21(14)15/h3-13H,2H2,1H3,(H,24,26)(H,25,27)/b11-8+. The van der Waals surface area contributed by atoms with Gasteiger partial charge in [0.05, 0.1) is 16.2 Å². The van der Waals surface area contributed by atoms with E-state index >= 15 is 0 Å². The molecule has 0 saturated carbocycles. The number of amides is 2. The van der Waals surface area contributed by atoms with Crippen molar-refractivity contribution < 1.29 is 9.59 Å². The number of pyridine rings is 1. The maximum Gasteiger partial charge on any atom is 0.248 e. The van der Waals surface area contributed by atoms with Crippen LogP contribution in [0.5, 0.6) is 0 Å². The summed E-state index contributed by atoms with van der Waals surface area (Å²) in [5.74, 6) is -0.443. The zero-order chi connectivity index (χ0) is 19.2. The first-order chi connectivity index (χ1) is 13.1. The molecule has 0 radical (unpaired) electrons. The summed E-state index contributed by atoms with van der Waals surface area (Å²) in [5, 5.41) is 6.86. The van der Waals surface area contributed by atoms with Gasteiger partial charge in [-0.05, 0) is 30.3 Å². The fourth-order valence-corrected chi connectivity index (χ4v) is 2.72. The van der Waals surface area contributed by atoms with Crippen LogP contribution < -0.4 is 10.6 Å². The number of para-hydroxylation sites is 1. The third-order valence-electron chi connectivity index (χ3n) is 3.91. The SMILES string of the molecule is CCC(=O)Nc1ccc(Cl)c(NC(=O)/C=C/c2cccc3cccnc23)c1. The Morgan fingerprint density at radius 2 is 1.93 bits per heavy atom. The summed E-state index contributed by atoms with van der Waals surface area (Å²) in [6, 6.07) is 14.6. The van der Waals surface area contributed by atoms with Crippen LogP contribution in [0.25, 0.3) is 17.0 Å². The molecule has 0 saturated heterocycles. The van der Waals surface area contributed by atoms with E-state index in [1.807, 2.05) is 30.3 Å². The minimum absolute atomic E-state index is 0.113. The molecule has 2 amide bonds. The number of hydrogen-bond acceptors (Lipinski definition) is 3. The average Bonchev–Trinajstić information content (AvgIpc) is 2.68. The summed E-state index contributed by atoms with van der Waals surface area (Å²) in [4.78, 5) is 28.2. The normalized spacial score (nSPS) is 10.9. The lowest BCUT2D eigenvalue weighted by Gasteiger charge is -2.09. The maximum atomic E-state index is 12.3. The van der Waals surface area contributed by atoms with E-state index in [4.69, 9.17) is 11.6 Å². The van der Waals surface area contributed by atoms with Crippen molar-refractivity contribution in [2.45, 2.75) is 13.3 Å². The van der Waals surface area contributed by atoms with Crippen molar-refractivity contribution >= 4 is 51.8 Å². The first-order valence-electron chi connectivity index (χ1n) is 8.49. The van der Waals surface area contributed by atoms with Gasteiger partial charge in [0, 0.05) is 35.3 Å². The highest BCUT2D eigenvalue weighted by molar-refractivity contribution is 6.34. The Labute approximate surface area is 162 Å². The van der Waals surface area contributed by atoms with Crippen LogP contribution in [0.1, 0.15) is 18.9 Å². The maximum absolute atomic E-state index is 12.3. The second-order valence-electron chi connectivity index (χ2n) is 5.84. The number of nitrogens with zero attached hydrogens (tertiary/aromatic N) is 1. The number of carbonyl (C=O) groups excluding carboxylic acids is 2. The molecule has 3 rings (SSSR count). The van der Waals surface area contributed by atoms with Gasteiger partial charge in [0.15, 0.2) is 0 Å². The summed E-state index contributed by atoms with van der Waals surface area (Å²) in [5.41, 5.74) is 2.67. The largest absolute Gasteiger partial charge is 0.326 e. The summed E-state index contributed by atoms with van der Waals surface area (Å²) in [6.07, 6.45) is 5.22. The minimum Gasteiger partial charge on any atom is -0.326 e. The molecule has 2 aromatic carbocycles. The molecule has 5 nitrogen and oxygen atoms in total. The van der Waals surface area contributed by atoms with Gasteiger partial charge in [0.2, 0.25) is 11.8 Å². The van der Waals surface area contributed by atoms with E-state index in [1.54, 1.807) is 37.4 Å². The number of benzene rings is 2. The van der Waals surface area contributed by atoms with Gasteiger partial charge in [-0.15, -0.1) is 0 Å². The lowest BCUT2D eigenvalue weighted by atomic mass is 10.1. The molecule has 0 bridgehead atoms. The molecule has 1 heterocycles. The highest BCUT2D eigenvalue weighted by Gasteiger charge is 2.07. The number of carbonyl (C=O) groups is 2. The zero-order valence-corrected chi connectivity index (χ0v) is 15.5. The van der Waals surface area contributed by atoms with Gasteiger partial charge >= 0.3 is 0 Å². The Morgan fingerprint density at radius 3 is 2.74 bits per heavy atom. The van der Waals surface area contributed by atoms with E-state index in [1.165, 1.54) is 6.08 Å². The summed E-state index contributed by atoms with van der Waals surface area (Å²) >= 11 is 6.14. The second kappa shape index (κ2) is 8.47. The third kappa shape index (κ3) is 4.71. The van der Waals surface area contributed by atoms with Crippen LogP contribution in [0.2, 0.25) is 5.02 Å². The van der Waals surface area contributed by atoms with Crippen molar-refractivity contribution in [3.8, 4) is 0 Å². The van der Waals surface area contributed by atoms with Crippen molar-refractivity contribution in [2.75, 3.05) is 10.6 Å². The van der Waals surface area contributed by atoms with Gasteiger partial charge in [-0.25, -0.2) is 0 Å². The van der Waals surface area contributed by atoms with Gasteiger partial charge in [0.1, 0.15) is 0 Å². The monoisotopic (exact) mass is 379 g/mol. The van der Waals surface area contributed by atoms with E-state index in [0.717, 1.165) is 16.5 Å². The molecule has 3 aromatic rings. The Balaban J connectivity index is 1.76. The molecule has 0 aliphatic rings. The summed E-state index contributed by atoms with van der Waals surface area (Å²) < 4.78 is 0.